The third-order valence-corrected chi connectivity index (χ3v) is 9.12. The Morgan fingerprint density at radius 1 is 0.500 bits per heavy atom. The Hall–Kier alpha value is -5.61. The van der Waals surface area contributed by atoms with Crippen LogP contribution >= 0.6 is 0 Å². The highest BCUT2D eigenvalue weighted by Gasteiger charge is 2.51. The van der Waals surface area contributed by atoms with Crippen LogP contribution in [-0.2, 0) is 5.60 Å². The van der Waals surface area contributed by atoms with Crippen LogP contribution < -0.4 is 4.74 Å². The summed E-state index contributed by atoms with van der Waals surface area (Å²) in [5, 5.41) is 2.49. The van der Waals surface area contributed by atoms with E-state index in [0.29, 0.717) is 6.01 Å². The molecule has 6 aromatic carbocycles. The quantitative estimate of drug-likeness (QED) is 0.210. The average molecular weight is 538 g/mol. The van der Waals surface area contributed by atoms with Crippen LogP contribution in [0.4, 0.5) is 0 Å². The van der Waals surface area contributed by atoms with E-state index < -0.39 is 5.60 Å². The maximum atomic E-state index is 7.23. The number of para-hydroxylation sites is 4. The van der Waals surface area contributed by atoms with Crippen LogP contribution in [0.15, 0.2) is 140 Å². The highest BCUT2D eigenvalue weighted by atomic mass is 16.5. The number of aromatic nitrogens is 3. The molecule has 4 heteroatoms. The first-order chi connectivity index (χ1) is 20.8. The van der Waals surface area contributed by atoms with Crippen molar-refractivity contribution in [3.8, 4) is 28.5 Å². The summed E-state index contributed by atoms with van der Waals surface area (Å²) in [6.07, 6.45) is 0. The first-order valence-electron chi connectivity index (χ1n) is 14.3. The van der Waals surface area contributed by atoms with Crippen molar-refractivity contribution >= 4 is 32.8 Å². The van der Waals surface area contributed by atoms with Gasteiger partial charge in [-0.25, -0.2) is 0 Å². The van der Waals surface area contributed by atoms with Gasteiger partial charge in [0.15, 0.2) is 5.60 Å². The SMILES string of the molecule is c1ccc2c(c1)-c1ccccc1C21Oc2nc3ccccc3n2-c2ccc(-n3c4ccccc4c4ccccc43)cc21. The summed E-state index contributed by atoms with van der Waals surface area (Å²) in [7, 11) is 0. The summed E-state index contributed by atoms with van der Waals surface area (Å²) < 4.78 is 11.8. The van der Waals surface area contributed by atoms with Gasteiger partial charge in [-0.05, 0) is 53.6 Å². The molecule has 4 nitrogen and oxygen atoms in total. The largest absolute Gasteiger partial charge is 0.443 e. The summed E-state index contributed by atoms with van der Waals surface area (Å²) in [6.45, 7) is 0. The Morgan fingerprint density at radius 2 is 1.07 bits per heavy atom. The molecule has 196 valence electrons. The van der Waals surface area contributed by atoms with E-state index in [4.69, 9.17) is 9.72 Å². The van der Waals surface area contributed by atoms with Crippen molar-refractivity contribution in [1.29, 1.82) is 0 Å². The van der Waals surface area contributed by atoms with Crippen molar-refractivity contribution in [2.45, 2.75) is 5.60 Å². The minimum atomic E-state index is -0.839. The second kappa shape index (κ2) is 7.77. The molecule has 0 radical (unpaired) electrons. The van der Waals surface area contributed by atoms with Crippen LogP contribution in [0, 0.1) is 0 Å². The molecular weight excluding hydrogens is 514 g/mol. The maximum absolute atomic E-state index is 7.23. The van der Waals surface area contributed by atoms with Gasteiger partial charge in [0.1, 0.15) is 0 Å². The van der Waals surface area contributed by atoms with Crippen molar-refractivity contribution < 1.29 is 4.74 Å². The standard InChI is InChI=1S/C38H23N3O/c1-5-15-29-25(11-1)26-12-2-6-16-30(26)38(29)31-23-24(40-33-18-8-3-13-27(33)28-14-4-9-19-34(28)40)21-22-35(31)41-36-20-10-7-17-32(36)39-37(41)42-38/h1-23H. The normalized spacial score (nSPS) is 14.1. The molecule has 1 spiro atoms. The van der Waals surface area contributed by atoms with Crippen LogP contribution in [0.2, 0.25) is 0 Å². The zero-order valence-electron chi connectivity index (χ0n) is 22.5. The summed E-state index contributed by atoms with van der Waals surface area (Å²) >= 11 is 0. The average Bonchev–Trinajstić information content (AvgIpc) is 3.68. The van der Waals surface area contributed by atoms with Gasteiger partial charge in [-0.15, -0.1) is 0 Å². The number of hydrogen-bond acceptors (Lipinski definition) is 2. The van der Waals surface area contributed by atoms with E-state index in [0.717, 1.165) is 39.1 Å². The van der Waals surface area contributed by atoms with Crippen molar-refractivity contribution in [1.82, 2.24) is 14.1 Å². The number of rotatable bonds is 1. The summed E-state index contributed by atoms with van der Waals surface area (Å²) in [4.78, 5) is 5.01. The highest BCUT2D eigenvalue weighted by Crippen LogP contribution is 2.57. The highest BCUT2D eigenvalue weighted by molar-refractivity contribution is 6.09. The zero-order chi connectivity index (χ0) is 27.4. The zero-order valence-corrected chi connectivity index (χ0v) is 22.5. The van der Waals surface area contributed by atoms with Gasteiger partial charge in [-0.1, -0.05) is 97.1 Å². The molecule has 1 aliphatic heterocycles. The molecule has 8 aromatic rings. The van der Waals surface area contributed by atoms with Crippen molar-refractivity contribution in [3.63, 3.8) is 0 Å². The number of hydrogen-bond donors (Lipinski definition) is 0. The van der Waals surface area contributed by atoms with E-state index >= 15 is 0 Å². The van der Waals surface area contributed by atoms with Crippen molar-refractivity contribution in [3.05, 3.63) is 156 Å². The Bertz CT molecular complexity index is 2310. The first kappa shape index (κ1) is 22.1. The molecule has 2 aromatic heterocycles. The third-order valence-electron chi connectivity index (χ3n) is 9.12. The maximum Gasteiger partial charge on any atom is 0.303 e. The lowest BCUT2D eigenvalue weighted by atomic mass is 9.82. The summed E-state index contributed by atoms with van der Waals surface area (Å²) in [6, 6.07) is 50.3. The third kappa shape index (κ3) is 2.60. The molecule has 1 aliphatic carbocycles. The van der Waals surface area contributed by atoms with Crippen LogP contribution in [0.25, 0.3) is 55.3 Å². The smallest absolute Gasteiger partial charge is 0.303 e. The predicted octanol–water partition coefficient (Wildman–Crippen LogP) is 8.79. The Morgan fingerprint density at radius 3 is 1.76 bits per heavy atom. The van der Waals surface area contributed by atoms with Gasteiger partial charge >= 0.3 is 6.01 Å². The van der Waals surface area contributed by atoms with Crippen LogP contribution in [0.1, 0.15) is 16.7 Å². The van der Waals surface area contributed by atoms with Crippen molar-refractivity contribution in [2.24, 2.45) is 0 Å². The van der Waals surface area contributed by atoms with Crippen LogP contribution in [-0.4, -0.2) is 14.1 Å². The summed E-state index contributed by atoms with van der Waals surface area (Å²) in [5.74, 6) is 0. The number of imidazole rings is 1. The second-order valence-corrected chi connectivity index (χ2v) is 11.2. The van der Waals surface area contributed by atoms with Gasteiger partial charge < -0.3 is 9.30 Å². The van der Waals surface area contributed by atoms with Gasteiger partial charge in [0, 0.05) is 33.2 Å². The monoisotopic (exact) mass is 537 g/mol. The molecule has 42 heavy (non-hydrogen) atoms. The minimum Gasteiger partial charge on any atom is -0.443 e. The molecule has 0 unspecified atom stereocenters. The molecule has 0 N–H and O–H groups in total. The lowest BCUT2D eigenvalue weighted by Gasteiger charge is -2.38. The molecule has 0 saturated carbocycles. The number of benzene rings is 6. The van der Waals surface area contributed by atoms with Gasteiger partial charge in [0.05, 0.1) is 27.8 Å². The molecule has 0 bridgehead atoms. The Labute approximate surface area is 241 Å². The fourth-order valence-corrected chi connectivity index (χ4v) is 7.43. The van der Waals surface area contributed by atoms with E-state index in [-0.39, 0.29) is 0 Å². The number of ether oxygens (including phenoxy) is 1. The Kier molecular flexibility index (Phi) is 4.09. The van der Waals surface area contributed by atoms with E-state index in [1.54, 1.807) is 0 Å². The van der Waals surface area contributed by atoms with Gasteiger partial charge in [-0.2, -0.15) is 4.98 Å². The molecule has 0 saturated heterocycles. The number of nitrogens with zero attached hydrogens (tertiary/aromatic N) is 3. The summed E-state index contributed by atoms with van der Waals surface area (Å²) in [5.41, 5.74) is 11.5. The molecule has 3 heterocycles. The first-order valence-corrected chi connectivity index (χ1v) is 14.3. The van der Waals surface area contributed by atoms with E-state index in [9.17, 15) is 0 Å². The van der Waals surface area contributed by atoms with E-state index in [1.165, 1.54) is 32.9 Å². The molecular formula is C38H23N3O. The fourth-order valence-electron chi connectivity index (χ4n) is 7.43. The van der Waals surface area contributed by atoms with Gasteiger partial charge in [0.2, 0.25) is 0 Å². The van der Waals surface area contributed by atoms with E-state index in [1.807, 2.05) is 6.07 Å². The topological polar surface area (TPSA) is 32.0 Å². The second-order valence-electron chi connectivity index (χ2n) is 11.2. The minimum absolute atomic E-state index is 0.611. The van der Waals surface area contributed by atoms with Gasteiger partial charge in [0.25, 0.3) is 0 Å². The molecule has 10 rings (SSSR count). The fraction of sp³-hybridized carbons (Fsp3) is 0.0263. The lowest BCUT2D eigenvalue weighted by Crippen LogP contribution is -2.39. The predicted molar refractivity (Wildman–Crippen MR) is 168 cm³/mol. The van der Waals surface area contributed by atoms with E-state index in [2.05, 4.69) is 143 Å². The van der Waals surface area contributed by atoms with Crippen LogP contribution in [0.3, 0.4) is 0 Å². The van der Waals surface area contributed by atoms with Crippen LogP contribution in [0.5, 0.6) is 6.01 Å². The Balaban J connectivity index is 1.36. The van der Waals surface area contributed by atoms with Crippen molar-refractivity contribution in [2.75, 3.05) is 0 Å². The molecule has 0 atom stereocenters. The molecule has 0 amide bonds. The van der Waals surface area contributed by atoms with Gasteiger partial charge in [-0.3, -0.25) is 4.57 Å². The molecule has 2 aliphatic rings. The number of fused-ring (bicyclic) bond motifs is 14. The molecule has 0 fully saturated rings. The lowest BCUT2D eigenvalue weighted by molar-refractivity contribution is 0.132.